The number of carbonyl (C=O) groups excluding carboxylic acids is 1. The number of hydrogen-bond acceptors (Lipinski definition) is 4. The Balaban J connectivity index is 1.38. The van der Waals surface area contributed by atoms with Gasteiger partial charge in [0.05, 0.1) is 18.5 Å². The molecule has 2 unspecified atom stereocenters. The van der Waals surface area contributed by atoms with Gasteiger partial charge in [-0.15, -0.1) is 0 Å². The maximum atomic E-state index is 12.8. The number of benzene rings is 2. The second kappa shape index (κ2) is 8.56. The summed E-state index contributed by atoms with van der Waals surface area (Å²) in [6, 6.07) is 17.6. The highest BCUT2D eigenvalue weighted by atomic mass is 35.5. The highest BCUT2D eigenvalue weighted by molar-refractivity contribution is 6.30. The molecular formula is C21H22ClN5O. The Bertz CT molecular complexity index is 926. The Morgan fingerprint density at radius 1 is 1.18 bits per heavy atom. The van der Waals surface area contributed by atoms with Gasteiger partial charge in [0.2, 0.25) is 5.91 Å². The minimum atomic E-state index is -0.187. The van der Waals surface area contributed by atoms with Crippen molar-refractivity contribution >= 4 is 17.5 Å². The number of nitrogens with one attached hydrogen (secondary N) is 3. The van der Waals surface area contributed by atoms with Crippen molar-refractivity contribution in [1.82, 2.24) is 25.9 Å². The van der Waals surface area contributed by atoms with Crippen molar-refractivity contribution in [3.05, 3.63) is 88.7 Å². The summed E-state index contributed by atoms with van der Waals surface area (Å²) in [5.41, 5.74) is 9.55. The van der Waals surface area contributed by atoms with E-state index in [0.717, 1.165) is 16.7 Å². The van der Waals surface area contributed by atoms with Crippen LogP contribution in [0.1, 0.15) is 22.7 Å². The van der Waals surface area contributed by atoms with Crippen LogP contribution in [0, 0.1) is 5.92 Å². The first-order chi connectivity index (χ1) is 13.7. The van der Waals surface area contributed by atoms with Crippen LogP contribution in [0.3, 0.4) is 0 Å². The molecule has 1 amide bonds. The van der Waals surface area contributed by atoms with Gasteiger partial charge in [-0.3, -0.25) is 14.9 Å². The molecular weight excluding hydrogens is 374 g/mol. The third kappa shape index (κ3) is 4.42. The third-order valence-electron chi connectivity index (χ3n) is 4.91. The van der Waals surface area contributed by atoms with E-state index in [4.69, 9.17) is 11.6 Å². The predicted octanol–water partition coefficient (Wildman–Crippen LogP) is 2.67. The van der Waals surface area contributed by atoms with Crippen LogP contribution in [-0.2, 0) is 17.9 Å². The molecule has 1 aliphatic heterocycles. The summed E-state index contributed by atoms with van der Waals surface area (Å²) in [6.07, 6.45) is 3.70. The Morgan fingerprint density at radius 3 is 2.79 bits per heavy atom. The van der Waals surface area contributed by atoms with Crippen molar-refractivity contribution in [2.24, 2.45) is 5.92 Å². The Labute approximate surface area is 168 Å². The molecule has 3 aromatic rings. The van der Waals surface area contributed by atoms with Crippen LogP contribution >= 0.6 is 11.6 Å². The van der Waals surface area contributed by atoms with E-state index in [2.05, 4.69) is 33.4 Å². The third-order valence-corrected chi connectivity index (χ3v) is 5.16. The van der Waals surface area contributed by atoms with E-state index in [1.807, 2.05) is 53.3 Å². The first-order valence-electron chi connectivity index (χ1n) is 9.26. The van der Waals surface area contributed by atoms with E-state index in [9.17, 15) is 4.79 Å². The Kier molecular flexibility index (Phi) is 5.71. The van der Waals surface area contributed by atoms with Gasteiger partial charge in [-0.25, -0.2) is 5.43 Å². The number of aromatic nitrogens is 2. The average molecular weight is 396 g/mol. The molecule has 1 saturated heterocycles. The van der Waals surface area contributed by atoms with Crippen LogP contribution < -0.4 is 16.2 Å². The van der Waals surface area contributed by atoms with Crippen LogP contribution in [-0.4, -0.2) is 22.2 Å². The molecule has 0 radical (unpaired) electrons. The molecule has 0 bridgehead atoms. The van der Waals surface area contributed by atoms with E-state index in [1.54, 1.807) is 6.20 Å². The smallest absolute Gasteiger partial charge is 0.226 e. The molecule has 1 aromatic heterocycles. The number of amides is 1. The van der Waals surface area contributed by atoms with Crippen LogP contribution in [0.15, 0.2) is 67.0 Å². The molecule has 4 rings (SSSR count). The van der Waals surface area contributed by atoms with Crippen molar-refractivity contribution in [1.29, 1.82) is 0 Å². The van der Waals surface area contributed by atoms with Crippen LogP contribution in [0.25, 0.3) is 0 Å². The summed E-state index contributed by atoms with van der Waals surface area (Å²) in [5, 5.41) is 7.99. The van der Waals surface area contributed by atoms with Gasteiger partial charge in [-0.05, 0) is 34.9 Å². The van der Waals surface area contributed by atoms with Gasteiger partial charge in [0.25, 0.3) is 0 Å². The fourth-order valence-corrected chi connectivity index (χ4v) is 3.59. The summed E-state index contributed by atoms with van der Waals surface area (Å²) in [4.78, 5) is 12.8. The quantitative estimate of drug-likeness (QED) is 0.600. The van der Waals surface area contributed by atoms with Gasteiger partial charge in [-0.1, -0.05) is 48.0 Å². The lowest BCUT2D eigenvalue weighted by Crippen LogP contribution is -2.34. The summed E-state index contributed by atoms with van der Waals surface area (Å²) >= 11 is 5.97. The highest BCUT2D eigenvalue weighted by Gasteiger charge is 2.33. The maximum Gasteiger partial charge on any atom is 0.226 e. The normalized spacial score (nSPS) is 18.9. The summed E-state index contributed by atoms with van der Waals surface area (Å²) in [5.74, 6) is -0.164. The van der Waals surface area contributed by atoms with Crippen molar-refractivity contribution in [2.75, 3.05) is 6.54 Å². The largest absolute Gasteiger partial charge is 0.352 e. The maximum absolute atomic E-state index is 12.8. The minimum absolute atomic E-state index is 0.0231. The molecule has 144 valence electrons. The monoisotopic (exact) mass is 395 g/mol. The molecule has 0 saturated carbocycles. The molecule has 1 fully saturated rings. The van der Waals surface area contributed by atoms with Gasteiger partial charge >= 0.3 is 0 Å². The number of hydrazine groups is 1. The second-order valence-electron chi connectivity index (χ2n) is 6.90. The number of rotatable bonds is 6. The van der Waals surface area contributed by atoms with E-state index in [0.29, 0.717) is 24.7 Å². The molecule has 0 aliphatic carbocycles. The van der Waals surface area contributed by atoms with E-state index >= 15 is 0 Å². The second-order valence-corrected chi connectivity index (χ2v) is 7.34. The van der Waals surface area contributed by atoms with Crippen LogP contribution in [0.2, 0.25) is 5.02 Å². The number of nitrogens with zero attached hydrogens (tertiary/aromatic N) is 2. The number of hydrogen-bond donors (Lipinski definition) is 3. The van der Waals surface area contributed by atoms with Crippen molar-refractivity contribution in [2.45, 2.75) is 19.1 Å². The molecule has 2 atom stereocenters. The molecule has 28 heavy (non-hydrogen) atoms. The van der Waals surface area contributed by atoms with Crippen LogP contribution in [0.4, 0.5) is 0 Å². The summed E-state index contributed by atoms with van der Waals surface area (Å²) in [6.45, 7) is 1.79. The summed E-state index contributed by atoms with van der Waals surface area (Å²) in [7, 11) is 0. The zero-order valence-electron chi connectivity index (χ0n) is 15.3. The first-order valence-corrected chi connectivity index (χ1v) is 9.63. The highest BCUT2D eigenvalue weighted by Crippen LogP contribution is 2.26. The zero-order valence-corrected chi connectivity index (χ0v) is 16.1. The van der Waals surface area contributed by atoms with Crippen molar-refractivity contribution in [3.8, 4) is 0 Å². The molecule has 1 aliphatic rings. The van der Waals surface area contributed by atoms with Crippen molar-refractivity contribution < 1.29 is 4.79 Å². The van der Waals surface area contributed by atoms with E-state index in [-0.39, 0.29) is 17.9 Å². The lowest BCUT2D eigenvalue weighted by atomic mass is 9.94. The molecule has 7 heteroatoms. The van der Waals surface area contributed by atoms with E-state index in [1.165, 1.54) is 0 Å². The standard InChI is InChI=1S/C21H22ClN5O/c22-18-7-5-17(6-8-18)20-19(13-24-26-20)21(28)23-12-15-3-1-4-16(11-15)14-27-10-2-9-25-27/h1-11,19-20,24,26H,12-14H2,(H,23,28). The molecule has 6 nitrogen and oxygen atoms in total. The zero-order chi connectivity index (χ0) is 19.3. The average Bonchev–Trinajstić information content (AvgIpc) is 3.39. The van der Waals surface area contributed by atoms with Crippen molar-refractivity contribution in [3.63, 3.8) is 0 Å². The topological polar surface area (TPSA) is 71.0 Å². The van der Waals surface area contributed by atoms with E-state index < -0.39 is 0 Å². The van der Waals surface area contributed by atoms with Gasteiger partial charge in [-0.2, -0.15) is 5.10 Å². The lowest BCUT2D eigenvalue weighted by molar-refractivity contribution is -0.125. The SMILES string of the molecule is O=C(NCc1cccc(Cn2cccn2)c1)C1CNNC1c1ccc(Cl)cc1. The number of halogens is 1. The van der Waals surface area contributed by atoms with Crippen LogP contribution in [0.5, 0.6) is 0 Å². The molecule has 2 aromatic carbocycles. The van der Waals surface area contributed by atoms with Gasteiger partial charge < -0.3 is 5.32 Å². The molecule has 0 spiro atoms. The Hall–Kier alpha value is -2.67. The van der Waals surface area contributed by atoms with Gasteiger partial charge in [0.1, 0.15) is 0 Å². The minimum Gasteiger partial charge on any atom is -0.352 e. The fourth-order valence-electron chi connectivity index (χ4n) is 3.47. The number of carbonyl (C=O) groups is 1. The fraction of sp³-hybridized carbons (Fsp3) is 0.238. The van der Waals surface area contributed by atoms with Gasteiger partial charge in [0, 0.05) is 30.5 Å². The Morgan fingerprint density at radius 2 is 2.00 bits per heavy atom. The summed E-state index contributed by atoms with van der Waals surface area (Å²) < 4.78 is 1.88. The first kappa shape index (κ1) is 18.7. The van der Waals surface area contributed by atoms with Gasteiger partial charge in [0.15, 0.2) is 0 Å². The molecule has 2 heterocycles. The lowest BCUT2D eigenvalue weighted by Gasteiger charge is -2.18. The molecule has 3 N–H and O–H groups in total. The predicted molar refractivity (Wildman–Crippen MR) is 108 cm³/mol.